The summed E-state index contributed by atoms with van der Waals surface area (Å²) in [6.07, 6.45) is -0.265. The summed E-state index contributed by atoms with van der Waals surface area (Å²) in [5.74, 6) is 0.838. The Kier molecular flexibility index (Phi) is 2.92. The van der Waals surface area contributed by atoms with Crippen LogP contribution in [0.1, 0.15) is 23.1 Å². The van der Waals surface area contributed by atoms with Crippen molar-refractivity contribution in [3.8, 4) is 5.75 Å². The fourth-order valence-electron chi connectivity index (χ4n) is 1.52. The Morgan fingerprint density at radius 2 is 2.00 bits per heavy atom. The number of benzene rings is 1. The molecule has 1 unspecified atom stereocenters. The quantitative estimate of drug-likeness (QED) is 0.828. The molecule has 2 aromatic rings. The van der Waals surface area contributed by atoms with Gasteiger partial charge in [-0.3, -0.25) is 0 Å². The van der Waals surface area contributed by atoms with Crippen LogP contribution in [0, 0.1) is 6.92 Å². The molecule has 1 aromatic carbocycles. The predicted octanol–water partition coefficient (Wildman–Crippen LogP) is 1.96. The van der Waals surface area contributed by atoms with E-state index in [-0.39, 0.29) is 5.75 Å². The van der Waals surface area contributed by atoms with E-state index >= 15 is 0 Å². The van der Waals surface area contributed by atoms with Crippen molar-refractivity contribution in [1.29, 1.82) is 0 Å². The van der Waals surface area contributed by atoms with Crippen molar-refractivity contribution in [2.75, 3.05) is 0 Å². The second kappa shape index (κ2) is 4.37. The van der Waals surface area contributed by atoms with E-state index in [0.29, 0.717) is 12.2 Å². The van der Waals surface area contributed by atoms with Gasteiger partial charge in [0, 0.05) is 12.5 Å². The van der Waals surface area contributed by atoms with E-state index in [1.54, 1.807) is 30.3 Å². The minimum absolute atomic E-state index is 0.187. The molecule has 0 saturated heterocycles. The van der Waals surface area contributed by atoms with Gasteiger partial charge >= 0.3 is 0 Å². The maximum atomic E-state index is 9.90. The second-order valence-corrected chi connectivity index (χ2v) is 3.75. The van der Waals surface area contributed by atoms with Crippen LogP contribution in [0.25, 0.3) is 0 Å². The number of aliphatic hydroxyl groups excluding tert-OH is 1. The molecule has 0 spiro atoms. The molecule has 1 atom stereocenters. The summed E-state index contributed by atoms with van der Waals surface area (Å²) in [4.78, 5) is 0. The summed E-state index contributed by atoms with van der Waals surface area (Å²) in [5, 5.41) is 22.8. The molecule has 0 bridgehead atoms. The molecule has 0 aliphatic carbocycles. The summed E-state index contributed by atoms with van der Waals surface area (Å²) in [5.41, 5.74) is 1.54. The molecule has 0 aliphatic rings. The highest BCUT2D eigenvalue weighted by molar-refractivity contribution is 5.27. The number of phenolic OH excluding ortho intramolecular Hbond substituents is 1. The molecule has 2 rings (SSSR count). The lowest BCUT2D eigenvalue weighted by molar-refractivity contribution is 0.166. The largest absolute Gasteiger partial charge is 0.508 e. The highest BCUT2D eigenvalue weighted by Crippen LogP contribution is 2.20. The molecule has 4 heteroatoms. The van der Waals surface area contributed by atoms with Gasteiger partial charge in [-0.1, -0.05) is 17.3 Å². The summed E-state index contributed by atoms with van der Waals surface area (Å²) >= 11 is 0. The molecule has 2 N–H and O–H groups in total. The first-order valence-electron chi connectivity index (χ1n) is 5.04. The number of phenols is 1. The molecule has 0 amide bonds. The number of aromatic hydroxyl groups is 1. The van der Waals surface area contributed by atoms with Gasteiger partial charge in [-0.05, 0) is 24.6 Å². The van der Waals surface area contributed by atoms with Crippen molar-refractivity contribution in [1.82, 2.24) is 5.16 Å². The van der Waals surface area contributed by atoms with E-state index in [9.17, 15) is 5.11 Å². The number of hydrogen-bond acceptors (Lipinski definition) is 4. The fraction of sp³-hybridized carbons (Fsp3) is 0.250. The van der Waals surface area contributed by atoms with Crippen molar-refractivity contribution < 1.29 is 14.7 Å². The Morgan fingerprint density at radius 1 is 1.31 bits per heavy atom. The van der Waals surface area contributed by atoms with Crippen LogP contribution in [0.2, 0.25) is 0 Å². The highest BCUT2D eigenvalue weighted by atomic mass is 16.5. The van der Waals surface area contributed by atoms with E-state index in [0.717, 1.165) is 11.3 Å². The highest BCUT2D eigenvalue weighted by Gasteiger charge is 2.11. The van der Waals surface area contributed by atoms with Crippen molar-refractivity contribution >= 4 is 0 Å². The third-order valence-corrected chi connectivity index (χ3v) is 2.35. The van der Waals surface area contributed by atoms with E-state index in [1.165, 1.54) is 0 Å². The minimum atomic E-state index is -0.645. The van der Waals surface area contributed by atoms with Gasteiger partial charge in [-0.15, -0.1) is 0 Å². The van der Waals surface area contributed by atoms with Gasteiger partial charge in [0.1, 0.15) is 11.5 Å². The second-order valence-electron chi connectivity index (χ2n) is 3.75. The van der Waals surface area contributed by atoms with Gasteiger partial charge in [-0.2, -0.15) is 0 Å². The zero-order valence-electron chi connectivity index (χ0n) is 8.92. The topological polar surface area (TPSA) is 66.5 Å². The Bertz CT molecular complexity index is 461. The predicted molar refractivity (Wildman–Crippen MR) is 58.0 cm³/mol. The van der Waals surface area contributed by atoms with Gasteiger partial charge in [-0.25, -0.2) is 0 Å². The summed E-state index contributed by atoms with van der Waals surface area (Å²) in [6, 6.07) is 8.25. The first kappa shape index (κ1) is 10.7. The van der Waals surface area contributed by atoms with Crippen LogP contribution in [0.3, 0.4) is 0 Å². The molecular weight excluding hydrogens is 206 g/mol. The first-order valence-corrected chi connectivity index (χ1v) is 5.04. The maximum Gasteiger partial charge on any atom is 0.139 e. The Morgan fingerprint density at radius 3 is 2.56 bits per heavy atom. The van der Waals surface area contributed by atoms with Gasteiger partial charge in [0.2, 0.25) is 0 Å². The van der Waals surface area contributed by atoms with Crippen LogP contribution in [-0.4, -0.2) is 15.4 Å². The van der Waals surface area contributed by atoms with Gasteiger partial charge in [0.05, 0.1) is 11.8 Å². The van der Waals surface area contributed by atoms with E-state index in [2.05, 4.69) is 5.16 Å². The average Bonchev–Trinajstić information content (AvgIpc) is 2.65. The molecule has 0 aliphatic heterocycles. The number of hydrogen-bond donors (Lipinski definition) is 2. The molecule has 0 saturated carbocycles. The lowest BCUT2D eigenvalue weighted by atomic mass is 10.1. The summed E-state index contributed by atoms with van der Waals surface area (Å²) in [7, 11) is 0. The van der Waals surface area contributed by atoms with Crippen LogP contribution < -0.4 is 0 Å². The monoisotopic (exact) mass is 219 g/mol. The van der Waals surface area contributed by atoms with Gasteiger partial charge < -0.3 is 14.7 Å². The third-order valence-electron chi connectivity index (χ3n) is 2.35. The molecule has 1 aromatic heterocycles. The van der Waals surface area contributed by atoms with E-state index in [1.807, 2.05) is 6.92 Å². The molecular formula is C12H13NO3. The van der Waals surface area contributed by atoms with Crippen LogP contribution in [-0.2, 0) is 6.42 Å². The normalized spacial score (nSPS) is 12.6. The smallest absolute Gasteiger partial charge is 0.139 e. The van der Waals surface area contributed by atoms with Crippen LogP contribution >= 0.6 is 0 Å². The number of rotatable bonds is 3. The third kappa shape index (κ3) is 2.41. The SMILES string of the molecule is Cc1cc(CC(O)c2ccc(O)cc2)on1. The minimum Gasteiger partial charge on any atom is -0.508 e. The van der Waals surface area contributed by atoms with Crippen LogP contribution in [0.5, 0.6) is 5.75 Å². The van der Waals surface area contributed by atoms with Crippen molar-refractivity contribution in [2.45, 2.75) is 19.4 Å². The molecule has 0 fully saturated rings. The standard InChI is InChI=1S/C12H13NO3/c1-8-6-11(16-13-8)7-12(15)9-2-4-10(14)5-3-9/h2-6,12,14-15H,7H2,1H3. The first-order chi connectivity index (χ1) is 7.65. The summed E-state index contributed by atoms with van der Waals surface area (Å²) < 4.78 is 5.02. The number of aryl methyl sites for hydroxylation is 1. The lowest BCUT2D eigenvalue weighted by Gasteiger charge is -2.08. The van der Waals surface area contributed by atoms with Gasteiger partial charge in [0.15, 0.2) is 0 Å². The molecule has 16 heavy (non-hydrogen) atoms. The number of aliphatic hydroxyl groups is 1. The maximum absolute atomic E-state index is 9.90. The number of aromatic nitrogens is 1. The number of nitrogens with zero attached hydrogens (tertiary/aromatic N) is 1. The lowest BCUT2D eigenvalue weighted by Crippen LogP contribution is -2.00. The molecule has 84 valence electrons. The van der Waals surface area contributed by atoms with Crippen molar-refractivity contribution in [2.24, 2.45) is 0 Å². The Hall–Kier alpha value is -1.81. The zero-order valence-corrected chi connectivity index (χ0v) is 8.92. The van der Waals surface area contributed by atoms with Gasteiger partial charge in [0.25, 0.3) is 0 Å². The Balaban J connectivity index is 2.08. The molecule has 0 radical (unpaired) electrons. The van der Waals surface area contributed by atoms with Crippen LogP contribution in [0.15, 0.2) is 34.9 Å². The van der Waals surface area contributed by atoms with E-state index in [4.69, 9.17) is 9.63 Å². The Labute approximate surface area is 93.1 Å². The zero-order chi connectivity index (χ0) is 11.5. The average molecular weight is 219 g/mol. The molecule has 4 nitrogen and oxygen atoms in total. The van der Waals surface area contributed by atoms with E-state index < -0.39 is 6.10 Å². The van der Waals surface area contributed by atoms with Crippen molar-refractivity contribution in [3.05, 3.63) is 47.3 Å². The fourth-order valence-corrected chi connectivity index (χ4v) is 1.52. The van der Waals surface area contributed by atoms with Crippen LogP contribution in [0.4, 0.5) is 0 Å². The summed E-state index contributed by atoms with van der Waals surface area (Å²) in [6.45, 7) is 1.83. The molecule has 1 heterocycles. The van der Waals surface area contributed by atoms with Crippen molar-refractivity contribution in [3.63, 3.8) is 0 Å².